The predicted octanol–water partition coefficient (Wildman–Crippen LogP) is 1.75. The Hall–Kier alpha value is -1.13. The number of nitrogens with zero attached hydrogens (tertiary/aromatic N) is 1. The summed E-state index contributed by atoms with van der Waals surface area (Å²) in [5, 5.41) is 3.64. The summed E-state index contributed by atoms with van der Waals surface area (Å²) in [4.78, 5) is 4.06. The minimum Gasteiger partial charge on any atom is -0.384 e. The Balaban J connectivity index is 1.70. The normalized spacial score (nSPS) is 30.7. The van der Waals surface area contributed by atoms with Gasteiger partial charge in [0.1, 0.15) is 5.82 Å². The molecular formula is C15H23N3O. The van der Waals surface area contributed by atoms with Gasteiger partial charge in [-0.1, -0.05) is 6.92 Å². The number of ether oxygens (including phenoxy) is 1. The highest BCUT2D eigenvalue weighted by Gasteiger charge is 2.43. The molecule has 4 nitrogen and oxygen atoms in total. The van der Waals surface area contributed by atoms with Gasteiger partial charge in [0.25, 0.3) is 0 Å². The Morgan fingerprint density at radius 2 is 2.42 bits per heavy atom. The van der Waals surface area contributed by atoms with Crippen LogP contribution in [0.5, 0.6) is 0 Å². The lowest BCUT2D eigenvalue weighted by molar-refractivity contribution is 0.0858. The molecule has 1 aromatic heterocycles. The van der Waals surface area contributed by atoms with Crippen LogP contribution >= 0.6 is 0 Å². The minimum absolute atomic E-state index is 0.466. The van der Waals surface area contributed by atoms with Crippen molar-refractivity contribution in [1.82, 2.24) is 10.3 Å². The maximum atomic E-state index is 6.00. The second-order valence-electron chi connectivity index (χ2n) is 5.73. The van der Waals surface area contributed by atoms with Gasteiger partial charge in [-0.15, -0.1) is 0 Å². The van der Waals surface area contributed by atoms with Gasteiger partial charge < -0.3 is 15.8 Å². The van der Waals surface area contributed by atoms with Gasteiger partial charge in [0, 0.05) is 18.2 Å². The van der Waals surface area contributed by atoms with E-state index in [1.807, 2.05) is 6.07 Å². The number of rotatable bonds is 5. The van der Waals surface area contributed by atoms with Crippen LogP contribution in [0.2, 0.25) is 0 Å². The maximum absolute atomic E-state index is 6.00. The molecule has 4 atom stereocenters. The number of nitrogens with two attached hydrogens (primary N) is 1. The molecule has 0 aliphatic carbocycles. The summed E-state index contributed by atoms with van der Waals surface area (Å²) in [5.41, 5.74) is 7.03. The molecule has 4 unspecified atom stereocenters. The van der Waals surface area contributed by atoms with Crippen LogP contribution in [0.4, 0.5) is 5.82 Å². The molecule has 4 heteroatoms. The van der Waals surface area contributed by atoms with E-state index in [4.69, 9.17) is 10.5 Å². The first-order valence-electron chi connectivity index (χ1n) is 7.35. The second kappa shape index (κ2) is 5.47. The molecule has 3 heterocycles. The average Bonchev–Trinajstić information content (AvgIpc) is 3.00. The van der Waals surface area contributed by atoms with E-state index in [9.17, 15) is 0 Å². The van der Waals surface area contributed by atoms with E-state index < -0.39 is 0 Å². The molecule has 0 amide bonds. The second-order valence-corrected chi connectivity index (χ2v) is 5.73. The Labute approximate surface area is 114 Å². The van der Waals surface area contributed by atoms with Gasteiger partial charge in [-0.25, -0.2) is 4.98 Å². The highest BCUT2D eigenvalue weighted by atomic mass is 16.5. The maximum Gasteiger partial charge on any atom is 0.123 e. The Morgan fingerprint density at radius 1 is 1.53 bits per heavy atom. The Morgan fingerprint density at radius 3 is 3.05 bits per heavy atom. The van der Waals surface area contributed by atoms with Crippen LogP contribution < -0.4 is 11.1 Å². The molecule has 2 fully saturated rings. The van der Waals surface area contributed by atoms with E-state index in [0.29, 0.717) is 30.0 Å². The topological polar surface area (TPSA) is 60.2 Å². The third-order valence-corrected chi connectivity index (χ3v) is 4.44. The first-order chi connectivity index (χ1) is 9.26. The number of hydrogen-bond acceptors (Lipinski definition) is 4. The molecule has 2 saturated heterocycles. The monoisotopic (exact) mass is 261 g/mol. The lowest BCUT2D eigenvalue weighted by Crippen LogP contribution is -2.42. The molecule has 1 aromatic rings. The van der Waals surface area contributed by atoms with Gasteiger partial charge in [0.2, 0.25) is 0 Å². The van der Waals surface area contributed by atoms with E-state index in [1.54, 1.807) is 6.20 Å². The Bertz CT molecular complexity index is 437. The number of likely N-dealkylation sites (N-methyl/N-ethyl adjacent to an activating group) is 1. The molecule has 0 aromatic carbocycles. The third-order valence-electron chi connectivity index (χ3n) is 4.44. The van der Waals surface area contributed by atoms with Crippen molar-refractivity contribution in [3.63, 3.8) is 0 Å². The average molecular weight is 261 g/mol. The number of aromatic nitrogens is 1. The smallest absolute Gasteiger partial charge is 0.123 e. The van der Waals surface area contributed by atoms with Crippen LogP contribution in [0.25, 0.3) is 0 Å². The molecule has 0 saturated carbocycles. The first kappa shape index (κ1) is 12.9. The van der Waals surface area contributed by atoms with Crippen molar-refractivity contribution in [2.75, 3.05) is 12.3 Å². The first-order valence-corrected chi connectivity index (χ1v) is 7.35. The summed E-state index contributed by atoms with van der Waals surface area (Å²) in [6.07, 6.45) is 7.48. The summed E-state index contributed by atoms with van der Waals surface area (Å²) in [5.74, 6) is 1.25. The van der Waals surface area contributed by atoms with E-state index in [0.717, 1.165) is 13.0 Å². The molecule has 2 aliphatic heterocycles. The van der Waals surface area contributed by atoms with Gasteiger partial charge in [0.15, 0.2) is 0 Å². The lowest BCUT2D eigenvalue weighted by atomic mass is 9.81. The SMILES string of the molecule is CCNC(Cc1ccnc(N)c1)C1CC2CCC1O2. The molecule has 3 rings (SSSR count). The number of anilines is 1. The van der Waals surface area contributed by atoms with E-state index in [1.165, 1.54) is 24.8 Å². The molecule has 104 valence electrons. The number of pyridine rings is 1. The van der Waals surface area contributed by atoms with Crippen LogP contribution in [-0.4, -0.2) is 29.8 Å². The largest absolute Gasteiger partial charge is 0.384 e. The molecule has 19 heavy (non-hydrogen) atoms. The van der Waals surface area contributed by atoms with Crippen molar-refractivity contribution in [2.45, 2.75) is 50.9 Å². The van der Waals surface area contributed by atoms with Crippen molar-refractivity contribution in [3.8, 4) is 0 Å². The number of nitrogens with one attached hydrogen (secondary N) is 1. The summed E-state index contributed by atoms with van der Waals surface area (Å²) < 4.78 is 6.00. The molecule has 0 radical (unpaired) electrons. The fourth-order valence-corrected chi connectivity index (χ4v) is 3.61. The van der Waals surface area contributed by atoms with Crippen LogP contribution in [0, 0.1) is 5.92 Å². The molecular weight excluding hydrogens is 238 g/mol. The summed E-state index contributed by atoms with van der Waals surface area (Å²) in [6, 6.07) is 4.54. The summed E-state index contributed by atoms with van der Waals surface area (Å²) in [6.45, 7) is 3.17. The Kier molecular flexibility index (Phi) is 3.71. The third kappa shape index (κ3) is 2.74. The van der Waals surface area contributed by atoms with Crippen LogP contribution in [-0.2, 0) is 11.2 Å². The van der Waals surface area contributed by atoms with Crippen molar-refractivity contribution >= 4 is 5.82 Å². The quantitative estimate of drug-likeness (QED) is 0.848. The van der Waals surface area contributed by atoms with Crippen LogP contribution in [0.1, 0.15) is 31.7 Å². The zero-order valence-electron chi connectivity index (χ0n) is 11.5. The summed E-state index contributed by atoms with van der Waals surface area (Å²) in [7, 11) is 0. The van der Waals surface area contributed by atoms with Crippen LogP contribution in [0.3, 0.4) is 0 Å². The van der Waals surface area contributed by atoms with Gasteiger partial charge in [-0.05, 0) is 49.9 Å². The zero-order valence-corrected chi connectivity index (χ0v) is 11.5. The lowest BCUT2D eigenvalue weighted by Gasteiger charge is -2.29. The van der Waals surface area contributed by atoms with Crippen molar-refractivity contribution in [1.29, 1.82) is 0 Å². The molecule has 2 aliphatic rings. The fourth-order valence-electron chi connectivity index (χ4n) is 3.61. The highest BCUT2D eigenvalue weighted by molar-refractivity contribution is 5.32. The minimum atomic E-state index is 0.466. The zero-order chi connectivity index (χ0) is 13.2. The van der Waals surface area contributed by atoms with E-state index in [-0.39, 0.29) is 0 Å². The van der Waals surface area contributed by atoms with Gasteiger partial charge >= 0.3 is 0 Å². The summed E-state index contributed by atoms with van der Waals surface area (Å²) >= 11 is 0. The van der Waals surface area contributed by atoms with Crippen molar-refractivity contribution < 1.29 is 4.74 Å². The number of hydrogen-bond donors (Lipinski definition) is 2. The van der Waals surface area contributed by atoms with Gasteiger partial charge in [-0.3, -0.25) is 0 Å². The van der Waals surface area contributed by atoms with E-state index >= 15 is 0 Å². The standard InChI is InChI=1S/C15H23N3O/c1-2-17-13(7-10-5-6-18-15(16)8-10)12-9-11-3-4-14(12)19-11/h5-6,8,11-14,17H,2-4,7,9H2,1H3,(H2,16,18). The molecule has 3 N–H and O–H groups in total. The van der Waals surface area contributed by atoms with Crippen LogP contribution in [0.15, 0.2) is 18.3 Å². The van der Waals surface area contributed by atoms with Crippen molar-refractivity contribution in [2.24, 2.45) is 5.92 Å². The number of nitrogen functional groups attached to an aromatic ring is 1. The van der Waals surface area contributed by atoms with Crippen molar-refractivity contribution in [3.05, 3.63) is 23.9 Å². The van der Waals surface area contributed by atoms with E-state index in [2.05, 4.69) is 23.3 Å². The number of fused-ring (bicyclic) bond motifs is 2. The van der Waals surface area contributed by atoms with Gasteiger partial charge in [0.05, 0.1) is 12.2 Å². The molecule has 2 bridgehead atoms. The molecule has 0 spiro atoms. The highest BCUT2D eigenvalue weighted by Crippen LogP contribution is 2.41. The van der Waals surface area contributed by atoms with Gasteiger partial charge in [-0.2, -0.15) is 0 Å². The fraction of sp³-hybridized carbons (Fsp3) is 0.667. The predicted molar refractivity (Wildman–Crippen MR) is 75.8 cm³/mol.